The third-order valence-corrected chi connectivity index (χ3v) is 3.73. The molecule has 126 valence electrons. The lowest BCUT2D eigenvalue weighted by molar-refractivity contribution is 0.255. The van der Waals surface area contributed by atoms with Gasteiger partial charge in [-0.3, -0.25) is 0 Å². The van der Waals surface area contributed by atoms with Gasteiger partial charge in [0.1, 0.15) is 11.5 Å². The van der Waals surface area contributed by atoms with Crippen LogP contribution in [0.3, 0.4) is 0 Å². The van der Waals surface area contributed by atoms with E-state index < -0.39 is 0 Å². The summed E-state index contributed by atoms with van der Waals surface area (Å²) in [5.41, 5.74) is 1.54. The van der Waals surface area contributed by atoms with E-state index in [0.717, 1.165) is 16.7 Å². The van der Waals surface area contributed by atoms with E-state index in [2.05, 4.69) is 10.6 Å². The van der Waals surface area contributed by atoms with Gasteiger partial charge in [0.25, 0.3) is 0 Å². The van der Waals surface area contributed by atoms with E-state index in [4.69, 9.17) is 4.74 Å². The number of fused-ring (bicyclic) bond motifs is 1. The Labute approximate surface area is 145 Å². The van der Waals surface area contributed by atoms with Gasteiger partial charge in [0.15, 0.2) is 0 Å². The zero-order chi connectivity index (χ0) is 17.6. The average molecular weight is 334 g/mol. The third-order valence-electron chi connectivity index (χ3n) is 3.73. The summed E-state index contributed by atoms with van der Waals surface area (Å²) in [7, 11) is 1.61. The Morgan fingerprint density at radius 2 is 1.80 bits per heavy atom. The van der Waals surface area contributed by atoms with Crippen molar-refractivity contribution in [1.29, 1.82) is 0 Å². The number of ether oxygens (including phenoxy) is 1. The summed E-state index contributed by atoms with van der Waals surface area (Å²) in [6.45, 7) is 0. The molecule has 0 bridgehead atoms. The molecule has 5 nitrogen and oxygen atoms in total. The van der Waals surface area contributed by atoms with Gasteiger partial charge in [-0.05, 0) is 35.9 Å². The normalized spacial score (nSPS) is 10.8. The number of benzene rings is 3. The first-order chi connectivity index (χ1) is 12.2. The minimum atomic E-state index is -0.366. The molecule has 0 aromatic heterocycles. The monoisotopic (exact) mass is 334 g/mol. The SMILES string of the molecule is COc1cccc(/C=C/NC(=O)Nc2cccc3c(O)cccc23)c1. The second kappa shape index (κ2) is 7.40. The number of aromatic hydroxyl groups is 1. The van der Waals surface area contributed by atoms with Crippen LogP contribution in [-0.4, -0.2) is 18.2 Å². The molecule has 0 saturated carbocycles. The van der Waals surface area contributed by atoms with Crippen molar-refractivity contribution < 1.29 is 14.6 Å². The predicted molar refractivity (Wildman–Crippen MR) is 99.8 cm³/mol. The third kappa shape index (κ3) is 3.90. The van der Waals surface area contributed by atoms with Gasteiger partial charge < -0.3 is 20.5 Å². The van der Waals surface area contributed by atoms with Crippen LogP contribution in [0.15, 0.2) is 66.9 Å². The van der Waals surface area contributed by atoms with Crippen molar-refractivity contribution in [2.45, 2.75) is 0 Å². The highest BCUT2D eigenvalue weighted by atomic mass is 16.5. The van der Waals surface area contributed by atoms with Crippen LogP contribution >= 0.6 is 0 Å². The molecule has 0 radical (unpaired) electrons. The molecule has 5 heteroatoms. The Balaban J connectivity index is 1.69. The van der Waals surface area contributed by atoms with E-state index in [0.29, 0.717) is 11.1 Å². The summed E-state index contributed by atoms with van der Waals surface area (Å²) in [6, 6.07) is 17.7. The Morgan fingerprint density at radius 1 is 1.04 bits per heavy atom. The Bertz CT molecular complexity index is 935. The van der Waals surface area contributed by atoms with Crippen molar-refractivity contribution in [1.82, 2.24) is 5.32 Å². The molecule has 0 aliphatic carbocycles. The molecule has 0 atom stereocenters. The maximum absolute atomic E-state index is 12.1. The maximum Gasteiger partial charge on any atom is 0.323 e. The van der Waals surface area contributed by atoms with Gasteiger partial charge in [-0.15, -0.1) is 0 Å². The quantitative estimate of drug-likeness (QED) is 0.664. The molecular formula is C20H18N2O3. The molecule has 0 spiro atoms. The molecule has 0 unspecified atom stereocenters. The second-order valence-corrected chi connectivity index (χ2v) is 5.39. The van der Waals surface area contributed by atoms with E-state index >= 15 is 0 Å². The maximum atomic E-state index is 12.1. The smallest absolute Gasteiger partial charge is 0.323 e. The van der Waals surface area contributed by atoms with Gasteiger partial charge >= 0.3 is 6.03 Å². The van der Waals surface area contributed by atoms with Crippen LogP contribution in [0.2, 0.25) is 0 Å². The van der Waals surface area contributed by atoms with E-state index in [9.17, 15) is 9.90 Å². The second-order valence-electron chi connectivity index (χ2n) is 5.39. The lowest BCUT2D eigenvalue weighted by atomic mass is 10.1. The van der Waals surface area contributed by atoms with Crippen LogP contribution < -0.4 is 15.4 Å². The van der Waals surface area contributed by atoms with Crippen molar-refractivity contribution in [3.05, 3.63) is 72.4 Å². The van der Waals surface area contributed by atoms with E-state index in [-0.39, 0.29) is 11.8 Å². The van der Waals surface area contributed by atoms with Crippen LogP contribution in [0.1, 0.15) is 5.56 Å². The molecule has 2 amide bonds. The molecule has 0 aliphatic rings. The van der Waals surface area contributed by atoms with Gasteiger partial charge in [-0.1, -0.05) is 36.4 Å². The zero-order valence-electron chi connectivity index (χ0n) is 13.7. The fourth-order valence-electron chi connectivity index (χ4n) is 2.52. The summed E-state index contributed by atoms with van der Waals surface area (Å²) in [5.74, 6) is 0.932. The minimum Gasteiger partial charge on any atom is -0.507 e. The highest BCUT2D eigenvalue weighted by Crippen LogP contribution is 2.29. The molecule has 3 aromatic rings. The standard InChI is InChI=1S/C20H18N2O3/c1-25-15-6-2-5-14(13-15)11-12-21-20(24)22-18-9-3-8-17-16(18)7-4-10-19(17)23/h2-13,23H,1H3,(H2,21,22,24)/b12-11+. The summed E-state index contributed by atoms with van der Waals surface area (Å²) in [4.78, 5) is 12.1. The summed E-state index contributed by atoms with van der Waals surface area (Å²) in [5, 5.41) is 16.8. The molecular weight excluding hydrogens is 316 g/mol. The number of rotatable bonds is 4. The van der Waals surface area contributed by atoms with Gasteiger partial charge in [-0.2, -0.15) is 0 Å². The first-order valence-electron chi connectivity index (χ1n) is 7.76. The molecule has 3 aromatic carbocycles. The largest absolute Gasteiger partial charge is 0.507 e. The number of anilines is 1. The summed E-state index contributed by atoms with van der Waals surface area (Å²) >= 11 is 0. The molecule has 0 saturated heterocycles. The van der Waals surface area contributed by atoms with Gasteiger partial charge in [0, 0.05) is 17.0 Å². The van der Waals surface area contributed by atoms with Crippen molar-refractivity contribution in [2.75, 3.05) is 12.4 Å². The summed E-state index contributed by atoms with van der Waals surface area (Å²) in [6.07, 6.45) is 3.34. The van der Waals surface area contributed by atoms with Crippen LogP contribution in [0, 0.1) is 0 Å². The molecule has 3 rings (SSSR count). The minimum absolute atomic E-state index is 0.180. The van der Waals surface area contributed by atoms with Crippen molar-refractivity contribution in [2.24, 2.45) is 0 Å². The lowest BCUT2D eigenvalue weighted by Gasteiger charge is -2.09. The first kappa shape index (κ1) is 16.4. The lowest BCUT2D eigenvalue weighted by Crippen LogP contribution is -2.23. The van der Waals surface area contributed by atoms with Crippen molar-refractivity contribution in [3.8, 4) is 11.5 Å². The average Bonchev–Trinajstić information content (AvgIpc) is 2.63. The number of urea groups is 1. The predicted octanol–water partition coefficient (Wildman–Crippen LogP) is 4.35. The van der Waals surface area contributed by atoms with Gasteiger partial charge in [0.05, 0.1) is 12.8 Å². The zero-order valence-corrected chi connectivity index (χ0v) is 13.7. The van der Waals surface area contributed by atoms with Crippen LogP contribution in [0.4, 0.5) is 10.5 Å². The number of hydrogen-bond donors (Lipinski definition) is 3. The number of carbonyl (C=O) groups is 1. The van der Waals surface area contributed by atoms with E-state index in [1.165, 1.54) is 0 Å². The van der Waals surface area contributed by atoms with Crippen LogP contribution in [0.5, 0.6) is 11.5 Å². The van der Waals surface area contributed by atoms with Crippen LogP contribution in [0.25, 0.3) is 16.8 Å². The van der Waals surface area contributed by atoms with Crippen molar-refractivity contribution >= 4 is 28.6 Å². The fourth-order valence-corrected chi connectivity index (χ4v) is 2.52. The van der Waals surface area contributed by atoms with Crippen molar-refractivity contribution in [3.63, 3.8) is 0 Å². The summed E-state index contributed by atoms with van der Waals surface area (Å²) < 4.78 is 5.16. The molecule has 25 heavy (non-hydrogen) atoms. The van der Waals surface area contributed by atoms with Gasteiger partial charge in [0.2, 0.25) is 0 Å². The fraction of sp³-hybridized carbons (Fsp3) is 0.0500. The number of methoxy groups -OCH3 is 1. The number of nitrogens with one attached hydrogen (secondary N) is 2. The van der Waals surface area contributed by atoms with Crippen LogP contribution in [-0.2, 0) is 0 Å². The van der Waals surface area contributed by atoms with Gasteiger partial charge in [-0.25, -0.2) is 4.79 Å². The highest BCUT2D eigenvalue weighted by molar-refractivity contribution is 6.03. The Morgan fingerprint density at radius 3 is 2.64 bits per heavy atom. The van der Waals surface area contributed by atoms with E-state index in [1.54, 1.807) is 49.7 Å². The number of hydrogen-bond acceptors (Lipinski definition) is 3. The number of phenols is 1. The topological polar surface area (TPSA) is 70.6 Å². The number of amides is 2. The molecule has 3 N–H and O–H groups in total. The highest BCUT2D eigenvalue weighted by Gasteiger charge is 2.06. The number of carbonyl (C=O) groups excluding carboxylic acids is 1. The number of phenolic OH excluding ortho intramolecular Hbond substituents is 1. The molecule has 0 aliphatic heterocycles. The molecule has 0 fully saturated rings. The first-order valence-corrected chi connectivity index (χ1v) is 7.76. The molecule has 0 heterocycles. The van der Waals surface area contributed by atoms with E-state index in [1.807, 2.05) is 30.3 Å². The Hall–Kier alpha value is -3.47. The Kier molecular flexibility index (Phi) is 4.85.